The molecule has 0 aliphatic rings. The molecule has 0 unspecified atom stereocenters. The topological polar surface area (TPSA) is 129 Å². The highest BCUT2D eigenvalue weighted by molar-refractivity contribution is 7.85. The molecule has 0 fully saturated rings. The Hall–Kier alpha value is -3.41. The van der Waals surface area contributed by atoms with Crippen molar-refractivity contribution in [1.29, 1.82) is 0 Å². The molecule has 1 aromatic carbocycles. The van der Waals surface area contributed by atoms with Crippen molar-refractivity contribution in [2.75, 3.05) is 5.43 Å². The van der Waals surface area contributed by atoms with E-state index in [0.717, 1.165) is 0 Å². The molecule has 29 heavy (non-hydrogen) atoms. The molecular formula is C18H16N6O3S2. The third-order valence-electron chi connectivity index (χ3n) is 3.55. The molecule has 2 heterocycles. The number of thiocarbonyl (C=S) groups is 1. The van der Waals surface area contributed by atoms with Crippen molar-refractivity contribution < 1.29 is 13.0 Å². The summed E-state index contributed by atoms with van der Waals surface area (Å²) in [5, 5.41) is 4.41. The summed E-state index contributed by atoms with van der Waals surface area (Å²) in [4.78, 5) is 8.08. The summed E-state index contributed by atoms with van der Waals surface area (Å²) in [7, 11) is -4.36. The Morgan fingerprint density at radius 1 is 1.00 bits per heavy atom. The van der Waals surface area contributed by atoms with Crippen LogP contribution in [0.5, 0.6) is 0 Å². The van der Waals surface area contributed by atoms with Gasteiger partial charge in [0.05, 0.1) is 10.6 Å². The maximum absolute atomic E-state index is 11.5. The van der Waals surface area contributed by atoms with Crippen LogP contribution in [0.2, 0.25) is 0 Å². The molecule has 0 aliphatic carbocycles. The summed E-state index contributed by atoms with van der Waals surface area (Å²) in [5.74, 6) is 0.562. The number of anilines is 1. The molecule has 0 atom stereocenters. The van der Waals surface area contributed by atoms with Crippen LogP contribution in [0.15, 0.2) is 83.1 Å². The van der Waals surface area contributed by atoms with Crippen LogP contribution in [-0.2, 0) is 10.1 Å². The number of pyridine rings is 2. The third-order valence-corrected chi connectivity index (χ3v) is 4.59. The Labute approximate surface area is 172 Å². The van der Waals surface area contributed by atoms with E-state index in [2.05, 4.69) is 31.3 Å². The molecule has 3 aromatic rings. The molecule has 3 rings (SSSR count). The van der Waals surface area contributed by atoms with E-state index in [9.17, 15) is 13.0 Å². The highest BCUT2D eigenvalue weighted by atomic mass is 32.2. The van der Waals surface area contributed by atoms with Crippen LogP contribution < -0.4 is 16.3 Å². The third kappa shape index (κ3) is 5.78. The second kappa shape index (κ2) is 9.19. The maximum Gasteiger partial charge on any atom is 0.294 e. The Balaban J connectivity index is 1.84. The van der Waals surface area contributed by atoms with Crippen molar-refractivity contribution in [1.82, 2.24) is 20.8 Å². The largest absolute Gasteiger partial charge is 0.294 e. The summed E-state index contributed by atoms with van der Waals surface area (Å²) in [5.41, 5.74) is 9.46. The second-order valence-electron chi connectivity index (χ2n) is 5.58. The average Bonchev–Trinajstić information content (AvgIpc) is 2.73. The van der Waals surface area contributed by atoms with Gasteiger partial charge in [0, 0.05) is 18.0 Å². The van der Waals surface area contributed by atoms with Crippen molar-refractivity contribution in [2.45, 2.75) is 4.90 Å². The molecule has 11 heteroatoms. The van der Waals surface area contributed by atoms with E-state index >= 15 is 0 Å². The smallest absolute Gasteiger partial charge is 0.282 e. The predicted octanol–water partition coefficient (Wildman–Crippen LogP) is 1.97. The van der Waals surface area contributed by atoms with Crippen LogP contribution in [-0.4, -0.2) is 33.8 Å². The van der Waals surface area contributed by atoms with Gasteiger partial charge in [-0.3, -0.25) is 25.8 Å². The van der Waals surface area contributed by atoms with Gasteiger partial charge >= 0.3 is 0 Å². The maximum atomic E-state index is 11.5. The fourth-order valence-electron chi connectivity index (χ4n) is 2.27. The van der Waals surface area contributed by atoms with Crippen LogP contribution in [0, 0.1) is 0 Å². The molecular weight excluding hydrogens is 412 g/mol. The highest BCUT2D eigenvalue weighted by Gasteiger charge is 2.14. The fourth-order valence-corrected chi connectivity index (χ4v) is 2.89. The number of nitrogens with zero attached hydrogens (tertiary/aromatic N) is 3. The Kier molecular flexibility index (Phi) is 6.44. The van der Waals surface area contributed by atoms with Crippen LogP contribution in [0.4, 0.5) is 5.82 Å². The highest BCUT2D eigenvalue weighted by Crippen LogP contribution is 2.15. The number of nitrogens with one attached hydrogen (secondary N) is 3. The van der Waals surface area contributed by atoms with E-state index < -0.39 is 10.1 Å². The minimum Gasteiger partial charge on any atom is -0.282 e. The van der Waals surface area contributed by atoms with E-state index in [4.69, 9.17) is 12.2 Å². The zero-order valence-corrected chi connectivity index (χ0v) is 16.5. The minimum absolute atomic E-state index is 0.148. The summed E-state index contributed by atoms with van der Waals surface area (Å²) in [6.07, 6.45) is 3.21. The quantitative estimate of drug-likeness (QED) is 0.202. The normalized spacial score (nSPS) is 11.6. The van der Waals surface area contributed by atoms with Crippen molar-refractivity contribution in [3.05, 3.63) is 84.3 Å². The van der Waals surface area contributed by atoms with Gasteiger partial charge in [-0.15, -0.1) is 0 Å². The van der Waals surface area contributed by atoms with E-state index in [0.29, 0.717) is 22.8 Å². The average molecular weight is 428 g/mol. The molecule has 0 saturated carbocycles. The predicted molar refractivity (Wildman–Crippen MR) is 113 cm³/mol. The molecule has 4 N–H and O–H groups in total. The number of aromatic nitrogens is 2. The van der Waals surface area contributed by atoms with E-state index in [1.807, 2.05) is 6.07 Å². The number of hydrogen-bond donors (Lipinski definition) is 4. The molecule has 2 aromatic heterocycles. The molecule has 0 aliphatic heterocycles. The molecule has 9 nitrogen and oxygen atoms in total. The SMILES string of the molecule is O=S(=O)(O)c1cccc(/C(=N/NC(=S)NNc2ccccn2)c2ccccn2)c1. The summed E-state index contributed by atoms with van der Waals surface area (Å²) in [6, 6.07) is 16.3. The first-order valence-corrected chi connectivity index (χ1v) is 10.1. The van der Waals surface area contributed by atoms with E-state index in [1.54, 1.807) is 48.8 Å². The number of hydrogen-bond acceptors (Lipinski definition) is 7. The van der Waals surface area contributed by atoms with Gasteiger partial charge in [-0.25, -0.2) is 4.98 Å². The van der Waals surface area contributed by atoms with Crippen molar-refractivity contribution in [2.24, 2.45) is 5.10 Å². The van der Waals surface area contributed by atoms with Gasteiger partial charge in [0.2, 0.25) is 5.11 Å². The van der Waals surface area contributed by atoms with Gasteiger partial charge in [-0.2, -0.15) is 13.5 Å². The number of rotatable bonds is 6. The molecule has 148 valence electrons. The van der Waals surface area contributed by atoms with Crippen molar-refractivity contribution >= 4 is 39.0 Å². The zero-order valence-electron chi connectivity index (χ0n) is 14.9. The molecule has 0 spiro atoms. The van der Waals surface area contributed by atoms with Crippen molar-refractivity contribution in [3.63, 3.8) is 0 Å². The van der Waals surface area contributed by atoms with Crippen LogP contribution in [0.1, 0.15) is 11.3 Å². The summed E-state index contributed by atoms with van der Waals surface area (Å²) >= 11 is 5.18. The molecule has 0 bridgehead atoms. The first-order chi connectivity index (χ1) is 13.9. The Morgan fingerprint density at radius 2 is 1.76 bits per heavy atom. The van der Waals surface area contributed by atoms with Gasteiger partial charge < -0.3 is 0 Å². The molecule has 0 radical (unpaired) electrons. The lowest BCUT2D eigenvalue weighted by Crippen LogP contribution is -2.37. The lowest BCUT2D eigenvalue weighted by atomic mass is 10.1. The monoisotopic (exact) mass is 428 g/mol. The first kappa shape index (κ1) is 20.3. The lowest BCUT2D eigenvalue weighted by molar-refractivity contribution is 0.483. The molecule has 0 saturated heterocycles. The summed E-state index contributed by atoms with van der Waals surface area (Å²) < 4.78 is 32.3. The fraction of sp³-hybridized carbons (Fsp3) is 0. The van der Waals surface area contributed by atoms with Gasteiger partial charge in [0.15, 0.2) is 0 Å². The van der Waals surface area contributed by atoms with E-state index in [1.165, 1.54) is 18.2 Å². The van der Waals surface area contributed by atoms with Gasteiger partial charge in [-0.1, -0.05) is 24.3 Å². The summed E-state index contributed by atoms with van der Waals surface area (Å²) in [6.45, 7) is 0. The van der Waals surface area contributed by atoms with Crippen LogP contribution in [0.3, 0.4) is 0 Å². The second-order valence-corrected chi connectivity index (χ2v) is 7.41. The van der Waals surface area contributed by atoms with Crippen LogP contribution in [0.25, 0.3) is 0 Å². The number of hydrazone groups is 1. The van der Waals surface area contributed by atoms with Gasteiger partial charge in [0.25, 0.3) is 10.1 Å². The van der Waals surface area contributed by atoms with Gasteiger partial charge in [0.1, 0.15) is 11.5 Å². The minimum atomic E-state index is -4.36. The Bertz CT molecular complexity index is 1120. The lowest BCUT2D eigenvalue weighted by Gasteiger charge is -2.11. The van der Waals surface area contributed by atoms with E-state index in [-0.39, 0.29) is 10.0 Å². The Morgan fingerprint density at radius 3 is 2.41 bits per heavy atom. The van der Waals surface area contributed by atoms with Gasteiger partial charge in [-0.05, 0) is 48.6 Å². The van der Waals surface area contributed by atoms with Crippen molar-refractivity contribution in [3.8, 4) is 0 Å². The standard InChI is InChI=1S/C18H16N6O3S2/c25-29(26,27)14-7-5-6-13(12-14)17(15-8-1-3-10-19-15)22-24-18(28)23-21-16-9-2-4-11-20-16/h1-12H,(H,20,21)(H2,23,24,28)(H,25,26,27)/b22-17-. The molecule has 0 amide bonds. The zero-order chi connectivity index (χ0) is 20.7. The van der Waals surface area contributed by atoms with Crippen LogP contribution >= 0.6 is 12.2 Å². The number of hydrazine groups is 1. The first-order valence-electron chi connectivity index (χ1n) is 8.23. The number of benzene rings is 1.